The summed E-state index contributed by atoms with van der Waals surface area (Å²) in [5.74, 6) is 0. The zero-order valence-electron chi connectivity index (χ0n) is 12.9. The van der Waals surface area contributed by atoms with Gasteiger partial charge in [0.1, 0.15) is 5.60 Å². The van der Waals surface area contributed by atoms with Crippen molar-refractivity contribution in [2.75, 3.05) is 0 Å². The van der Waals surface area contributed by atoms with Crippen LogP contribution in [0.25, 0.3) is 0 Å². The van der Waals surface area contributed by atoms with Crippen molar-refractivity contribution in [2.24, 2.45) is 0 Å². The Labute approximate surface area is 135 Å². The first-order chi connectivity index (χ1) is 10.3. The highest BCUT2D eigenvalue weighted by Gasteiger charge is 2.22. The summed E-state index contributed by atoms with van der Waals surface area (Å²) >= 11 is 6.20. The van der Waals surface area contributed by atoms with E-state index in [9.17, 15) is 4.79 Å². The maximum absolute atomic E-state index is 12.0. The number of halogens is 1. The standard InChI is InChI=1S/C16H20ClN3O2/c1-16(2,3)22-15(21)19-14(13-8-9-18-20-13)10-11-6-4-5-7-12(11)17/h4-9,14H,10H2,1-3H3,(H,18,20)(H,19,21). The smallest absolute Gasteiger partial charge is 0.408 e. The predicted octanol–water partition coefficient (Wildman–Crippen LogP) is 3.87. The number of H-pyrrole nitrogens is 1. The van der Waals surface area contributed by atoms with Crippen molar-refractivity contribution in [2.45, 2.75) is 38.8 Å². The maximum Gasteiger partial charge on any atom is 0.408 e. The van der Waals surface area contributed by atoms with Gasteiger partial charge in [-0.25, -0.2) is 4.79 Å². The number of carbonyl (C=O) groups is 1. The molecule has 1 atom stereocenters. The van der Waals surface area contributed by atoms with E-state index < -0.39 is 11.7 Å². The van der Waals surface area contributed by atoms with Gasteiger partial charge in [-0.05, 0) is 38.5 Å². The Morgan fingerprint density at radius 2 is 2.09 bits per heavy atom. The van der Waals surface area contributed by atoms with Crippen LogP contribution in [0.5, 0.6) is 0 Å². The average Bonchev–Trinajstić information content (AvgIpc) is 2.92. The van der Waals surface area contributed by atoms with E-state index in [4.69, 9.17) is 16.3 Å². The van der Waals surface area contributed by atoms with Gasteiger partial charge in [-0.15, -0.1) is 0 Å². The van der Waals surface area contributed by atoms with Gasteiger partial charge >= 0.3 is 6.09 Å². The molecule has 0 saturated heterocycles. The van der Waals surface area contributed by atoms with Crippen LogP contribution in [0.4, 0.5) is 4.79 Å². The summed E-state index contributed by atoms with van der Waals surface area (Å²) in [4.78, 5) is 12.0. The van der Waals surface area contributed by atoms with Crippen molar-refractivity contribution < 1.29 is 9.53 Å². The summed E-state index contributed by atoms with van der Waals surface area (Å²) in [6.07, 6.45) is 1.77. The topological polar surface area (TPSA) is 67.0 Å². The van der Waals surface area contributed by atoms with Crippen LogP contribution in [0, 0.1) is 0 Å². The van der Waals surface area contributed by atoms with Crippen molar-refractivity contribution in [1.29, 1.82) is 0 Å². The molecule has 2 aromatic rings. The number of benzene rings is 1. The molecule has 1 heterocycles. The van der Waals surface area contributed by atoms with Crippen LogP contribution in [0.1, 0.15) is 38.1 Å². The van der Waals surface area contributed by atoms with Crippen LogP contribution in [0.15, 0.2) is 36.5 Å². The zero-order valence-corrected chi connectivity index (χ0v) is 13.6. The van der Waals surface area contributed by atoms with Crippen LogP contribution >= 0.6 is 11.6 Å². The first-order valence-electron chi connectivity index (χ1n) is 7.08. The molecule has 5 nitrogen and oxygen atoms in total. The largest absolute Gasteiger partial charge is 0.444 e. The molecule has 1 unspecified atom stereocenters. The van der Waals surface area contributed by atoms with E-state index in [0.717, 1.165) is 11.3 Å². The van der Waals surface area contributed by atoms with Crippen LogP contribution in [0.3, 0.4) is 0 Å². The molecule has 2 N–H and O–H groups in total. The Morgan fingerprint density at radius 1 is 1.36 bits per heavy atom. The summed E-state index contributed by atoms with van der Waals surface area (Å²) in [5.41, 5.74) is 1.11. The van der Waals surface area contributed by atoms with Gasteiger partial charge in [0.15, 0.2) is 0 Å². The lowest BCUT2D eigenvalue weighted by molar-refractivity contribution is 0.0502. The molecule has 0 aliphatic carbocycles. The SMILES string of the molecule is CC(C)(C)OC(=O)NC(Cc1ccccc1Cl)c1cc[nH]n1. The van der Waals surface area contributed by atoms with Gasteiger partial charge < -0.3 is 10.1 Å². The summed E-state index contributed by atoms with van der Waals surface area (Å²) in [5, 5.41) is 10.4. The molecule has 118 valence electrons. The van der Waals surface area contributed by atoms with E-state index in [0.29, 0.717) is 11.4 Å². The molecule has 0 aliphatic heterocycles. The number of hydrogen-bond acceptors (Lipinski definition) is 3. The second-order valence-electron chi connectivity index (χ2n) is 5.99. The quantitative estimate of drug-likeness (QED) is 0.898. The zero-order chi connectivity index (χ0) is 16.2. The fourth-order valence-electron chi connectivity index (χ4n) is 2.03. The first-order valence-corrected chi connectivity index (χ1v) is 7.45. The van der Waals surface area contributed by atoms with Gasteiger partial charge in [0.25, 0.3) is 0 Å². The predicted molar refractivity (Wildman–Crippen MR) is 85.9 cm³/mol. The van der Waals surface area contributed by atoms with E-state index in [2.05, 4.69) is 15.5 Å². The third kappa shape index (κ3) is 4.77. The third-order valence-corrected chi connectivity index (χ3v) is 3.32. The monoisotopic (exact) mass is 321 g/mol. The van der Waals surface area contributed by atoms with Crippen molar-refractivity contribution in [3.05, 3.63) is 52.8 Å². The second-order valence-corrected chi connectivity index (χ2v) is 6.40. The third-order valence-electron chi connectivity index (χ3n) is 2.95. The van der Waals surface area contributed by atoms with Gasteiger partial charge in [-0.3, -0.25) is 5.10 Å². The fourth-order valence-corrected chi connectivity index (χ4v) is 2.24. The molecule has 1 aromatic heterocycles. The molecule has 0 radical (unpaired) electrons. The average molecular weight is 322 g/mol. The minimum atomic E-state index is -0.551. The number of aromatic nitrogens is 2. The molecule has 6 heteroatoms. The number of alkyl carbamates (subject to hydrolysis) is 1. The van der Waals surface area contributed by atoms with E-state index in [1.807, 2.05) is 51.1 Å². The molecular formula is C16H20ClN3O2. The number of nitrogens with one attached hydrogen (secondary N) is 2. The molecule has 1 aromatic carbocycles. The maximum atomic E-state index is 12.0. The van der Waals surface area contributed by atoms with E-state index in [-0.39, 0.29) is 6.04 Å². The molecule has 2 rings (SSSR count). The molecule has 1 amide bonds. The highest BCUT2D eigenvalue weighted by Crippen LogP contribution is 2.23. The van der Waals surface area contributed by atoms with Gasteiger partial charge in [0.2, 0.25) is 0 Å². The van der Waals surface area contributed by atoms with Gasteiger partial charge in [0, 0.05) is 17.6 Å². The van der Waals surface area contributed by atoms with Crippen molar-refractivity contribution in [1.82, 2.24) is 15.5 Å². The number of amides is 1. The molecule has 0 spiro atoms. The lowest BCUT2D eigenvalue weighted by Gasteiger charge is -2.23. The Bertz CT molecular complexity index is 621. The molecule has 0 aliphatic rings. The number of rotatable bonds is 4. The Kier molecular flexibility index (Phi) is 5.08. The Morgan fingerprint density at radius 3 is 2.68 bits per heavy atom. The highest BCUT2D eigenvalue weighted by molar-refractivity contribution is 6.31. The number of aromatic amines is 1. The van der Waals surface area contributed by atoms with Crippen LogP contribution in [-0.2, 0) is 11.2 Å². The van der Waals surface area contributed by atoms with E-state index in [1.54, 1.807) is 6.20 Å². The Hall–Kier alpha value is -2.01. The number of ether oxygens (including phenoxy) is 1. The van der Waals surface area contributed by atoms with Gasteiger partial charge in [-0.2, -0.15) is 5.10 Å². The lowest BCUT2D eigenvalue weighted by atomic mass is 10.0. The summed E-state index contributed by atoms with van der Waals surface area (Å²) < 4.78 is 5.31. The summed E-state index contributed by atoms with van der Waals surface area (Å²) in [6.45, 7) is 5.47. The van der Waals surface area contributed by atoms with Crippen LogP contribution in [0.2, 0.25) is 5.02 Å². The molecular weight excluding hydrogens is 302 g/mol. The van der Waals surface area contributed by atoms with Gasteiger partial charge in [-0.1, -0.05) is 29.8 Å². The van der Waals surface area contributed by atoms with Crippen LogP contribution in [-0.4, -0.2) is 21.9 Å². The molecule has 22 heavy (non-hydrogen) atoms. The Balaban J connectivity index is 2.14. The minimum absolute atomic E-state index is 0.319. The van der Waals surface area contributed by atoms with E-state index >= 15 is 0 Å². The number of hydrogen-bond donors (Lipinski definition) is 2. The van der Waals surface area contributed by atoms with Crippen molar-refractivity contribution in [3.8, 4) is 0 Å². The van der Waals surface area contributed by atoms with Crippen molar-refractivity contribution in [3.63, 3.8) is 0 Å². The highest BCUT2D eigenvalue weighted by atomic mass is 35.5. The number of nitrogens with zero attached hydrogens (tertiary/aromatic N) is 1. The fraction of sp³-hybridized carbons (Fsp3) is 0.375. The summed E-state index contributed by atoms with van der Waals surface area (Å²) in [6, 6.07) is 9.04. The minimum Gasteiger partial charge on any atom is -0.444 e. The number of carbonyl (C=O) groups excluding carboxylic acids is 1. The first kappa shape index (κ1) is 16.4. The van der Waals surface area contributed by atoms with Crippen molar-refractivity contribution >= 4 is 17.7 Å². The van der Waals surface area contributed by atoms with E-state index in [1.165, 1.54) is 0 Å². The summed E-state index contributed by atoms with van der Waals surface area (Å²) in [7, 11) is 0. The van der Waals surface area contributed by atoms with Crippen LogP contribution < -0.4 is 5.32 Å². The molecule has 0 fully saturated rings. The molecule has 0 saturated carbocycles. The lowest BCUT2D eigenvalue weighted by Crippen LogP contribution is -2.36. The molecule has 0 bridgehead atoms. The second kappa shape index (κ2) is 6.83. The van der Waals surface area contributed by atoms with Gasteiger partial charge in [0.05, 0.1) is 11.7 Å². The normalized spacial score (nSPS) is 12.7.